The molecule has 0 aliphatic heterocycles. The molecule has 36 heavy (non-hydrogen) atoms. The van der Waals surface area contributed by atoms with Crippen molar-refractivity contribution < 1.29 is 22.6 Å². The number of hydrogen-bond donors (Lipinski definition) is 0. The van der Waals surface area contributed by atoms with Gasteiger partial charge in [-0.15, -0.1) is 6.58 Å². The van der Waals surface area contributed by atoms with Crippen LogP contribution in [-0.2, 0) is 27.8 Å². The van der Waals surface area contributed by atoms with Gasteiger partial charge in [0, 0.05) is 25.5 Å². The Morgan fingerprint density at radius 2 is 1.39 bits per heavy atom. The van der Waals surface area contributed by atoms with Crippen molar-refractivity contribution in [2.45, 2.75) is 38.3 Å². The molecule has 192 valence electrons. The predicted octanol–water partition coefficient (Wildman–Crippen LogP) is 4.47. The van der Waals surface area contributed by atoms with Crippen molar-refractivity contribution in [3.63, 3.8) is 0 Å². The smallest absolute Gasteiger partial charge is 0.220 e. The fraction of sp³-hybridized carbons (Fsp3) is 0.333. The molecule has 0 bridgehead atoms. The lowest BCUT2D eigenvalue weighted by atomic mass is 10.2. The maximum Gasteiger partial charge on any atom is 0.220 e. The summed E-state index contributed by atoms with van der Waals surface area (Å²) in [6.07, 6.45) is 4.01. The third kappa shape index (κ3) is 6.90. The van der Waals surface area contributed by atoms with Crippen LogP contribution in [0.4, 0.5) is 0 Å². The van der Waals surface area contributed by atoms with Crippen molar-refractivity contribution in [2.75, 3.05) is 20.8 Å². The van der Waals surface area contributed by atoms with Crippen molar-refractivity contribution in [3.05, 3.63) is 96.1 Å². The van der Waals surface area contributed by atoms with Gasteiger partial charge in [-0.05, 0) is 54.8 Å². The first-order chi connectivity index (χ1) is 17.3. The second-order valence-electron chi connectivity index (χ2n) is 8.38. The van der Waals surface area contributed by atoms with E-state index in [2.05, 4.69) is 16.5 Å². The van der Waals surface area contributed by atoms with Crippen LogP contribution in [-0.4, -0.2) is 48.8 Å². The van der Waals surface area contributed by atoms with E-state index in [1.807, 2.05) is 55.5 Å². The molecule has 2 aromatic carbocycles. The van der Waals surface area contributed by atoms with Gasteiger partial charge in [0.2, 0.25) is 10.0 Å². The van der Waals surface area contributed by atoms with E-state index < -0.39 is 21.4 Å². The lowest BCUT2D eigenvalue weighted by molar-refractivity contribution is 0.0654. The fourth-order valence-electron chi connectivity index (χ4n) is 3.64. The highest BCUT2D eigenvalue weighted by atomic mass is 32.2. The van der Waals surface area contributed by atoms with Crippen LogP contribution >= 0.6 is 0 Å². The van der Waals surface area contributed by atoms with Gasteiger partial charge in [-0.25, -0.2) is 18.4 Å². The second-order valence-corrected chi connectivity index (χ2v) is 10.7. The molecule has 0 radical (unpaired) electrons. The highest BCUT2D eigenvalue weighted by molar-refractivity contribution is 7.89. The van der Waals surface area contributed by atoms with Gasteiger partial charge < -0.3 is 14.2 Å². The summed E-state index contributed by atoms with van der Waals surface area (Å²) in [5.74, 6) is 1.71. The standard InChI is InChI=1S/C27H33N3O5S/c1-6-15-35-26(27-28-16-20(2)17-29-27)21(3)36(31,32)30(18-22-7-11-24(33-4)12-8-22)19-23-9-13-25(34-5)14-10-23/h6-14,16-17,21,26H,1,15,18-19H2,2-5H3/t21-,26-/m1/s1. The van der Waals surface area contributed by atoms with E-state index in [9.17, 15) is 8.42 Å². The molecule has 3 rings (SSSR count). The van der Waals surface area contributed by atoms with Gasteiger partial charge in [-0.1, -0.05) is 30.3 Å². The van der Waals surface area contributed by atoms with Crippen molar-refractivity contribution in [1.82, 2.24) is 14.3 Å². The molecule has 1 aromatic heterocycles. The number of benzene rings is 2. The highest BCUT2D eigenvalue weighted by Crippen LogP contribution is 2.29. The molecule has 2 atom stereocenters. The number of nitrogens with zero attached hydrogens (tertiary/aromatic N) is 3. The monoisotopic (exact) mass is 511 g/mol. The number of aryl methyl sites for hydroxylation is 1. The third-order valence-corrected chi connectivity index (χ3v) is 7.91. The maximum absolute atomic E-state index is 14.0. The molecule has 8 nitrogen and oxygen atoms in total. The molecule has 3 aromatic rings. The first kappa shape index (κ1) is 27.3. The Labute approximate surface area is 213 Å². The summed E-state index contributed by atoms with van der Waals surface area (Å²) < 4.78 is 45.9. The Morgan fingerprint density at radius 3 is 1.81 bits per heavy atom. The van der Waals surface area contributed by atoms with E-state index in [-0.39, 0.29) is 19.7 Å². The number of rotatable bonds is 13. The normalized spacial score (nSPS) is 13.2. The van der Waals surface area contributed by atoms with Crippen LogP contribution in [0.5, 0.6) is 11.5 Å². The molecule has 0 saturated heterocycles. The summed E-state index contributed by atoms with van der Waals surface area (Å²) in [6.45, 7) is 7.70. The summed E-state index contributed by atoms with van der Waals surface area (Å²) in [5.41, 5.74) is 2.53. The Balaban J connectivity index is 1.97. The van der Waals surface area contributed by atoms with Gasteiger partial charge >= 0.3 is 0 Å². The number of aromatic nitrogens is 2. The van der Waals surface area contributed by atoms with Crippen LogP contribution in [0.15, 0.2) is 73.6 Å². The van der Waals surface area contributed by atoms with Crippen LogP contribution < -0.4 is 9.47 Å². The van der Waals surface area contributed by atoms with E-state index in [1.54, 1.807) is 39.6 Å². The molecular weight excluding hydrogens is 478 g/mol. The second kappa shape index (κ2) is 12.6. The topological polar surface area (TPSA) is 90.9 Å². The third-order valence-electron chi connectivity index (χ3n) is 5.74. The van der Waals surface area contributed by atoms with Crippen LogP contribution in [0.1, 0.15) is 35.5 Å². The van der Waals surface area contributed by atoms with Crippen molar-refractivity contribution in [1.29, 1.82) is 0 Å². The van der Waals surface area contributed by atoms with Gasteiger partial charge in [0.15, 0.2) is 5.82 Å². The number of hydrogen-bond acceptors (Lipinski definition) is 7. The van der Waals surface area contributed by atoms with E-state index in [0.717, 1.165) is 16.7 Å². The molecule has 0 amide bonds. The Kier molecular flexibility index (Phi) is 9.58. The first-order valence-electron chi connectivity index (χ1n) is 11.5. The zero-order valence-electron chi connectivity index (χ0n) is 21.1. The van der Waals surface area contributed by atoms with E-state index >= 15 is 0 Å². The number of methoxy groups -OCH3 is 2. The van der Waals surface area contributed by atoms with Gasteiger partial charge in [0.25, 0.3) is 0 Å². The van der Waals surface area contributed by atoms with Crippen LogP contribution in [0.2, 0.25) is 0 Å². The molecule has 0 aliphatic carbocycles. The molecule has 0 saturated carbocycles. The quantitative estimate of drug-likeness (QED) is 0.313. The summed E-state index contributed by atoms with van der Waals surface area (Å²) in [5, 5.41) is -0.961. The molecule has 0 N–H and O–H groups in total. The minimum atomic E-state index is -3.89. The SMILES string of the molecule is C=CCO[C@@H](c1ncc(C)cn1)[C@@H](C)S(=O)(=O)N(Cc1ccc(OC)cc1)Cc1ccc(OC)cc1. The molecule has 0 spiro atoms. The lowest BCUT2D eigenvalue weighted by Gasteiger charge is -2.30. The molecule has 1 heterocycles. The van der Waals surface area contributed by atoms with E-state index in [0.29, 0.717) is 17.3 Å². The summed E-state index contributed by atoms with van der Waals surface area (Å²) in [7, 11) is -0.703. The van der Waals surface area contributed by atoms with Crippen molar-refractivity contribution >= 4 is 10.0 Å². The average Bonchev–Trinajstić information content (AvgIpc) is 2.90. The van der Waals surface area contributed by atoms with Crippen molar-refractivity contribution in [3.8, 4) is 11.5 Å². The molecule has 9 heteroatoms. The zero-order valence-corrected chi connectivity index (χ0v) is 21.9. The maximum atomic E-state index is 14.0. The number of ether oxygens (including phenoxy) is 3. The fourth-order valence-corrected chi connectivity index (χ4v) is 5.28. The minimum Gasteiger partial charge on any atom is -0.497 e. The van der Waals surface area contributed by atoms with Crippen LogP contribution in [0, 0.1) is 6.92 Å². The van der Waals surface area contributed by atoms with Crippen molar-refractivity contribution in [2.24, 2.45) is 0 Å². The highest BCUT2D eigenvalue weighted by Gasteiger charge is 2.37. The largest absolute Gasteiger partial charge is 0.497 e. The Morgan fingerprint density at radius 1 is 0.917 bits per heavy atom. The summed E-state index contributed by atoms with van der Waals surface area (Å²) >= 11 is 0. The summed E-state index contributed by atoms with van der Waals surface area (Å²) in [6, 6.07) is 14.7. The van der Waals surface area contributed by atoms with Gasteiger partial charge in [-0.2, -0.15) is 4.31 Å². The van der Waals surface area contributed by atoms with Gasteiger partial charge in [-0.3, -0.25) is 0 Å². The first-order valence-corrected chi connectivity index (χ1v) is 13.0. The Bertz CT molecular complexity index is 1160. The Hall–Kier alpha value is -3.27. The molecule has 0 unspecified atom stereocenters. The molecular formula is C27H33N3O5S. The lowest BCUT2D eigenvalue weighted by Crippen LogP contribution is -2.40. The molecule has 0 fully saturated rings. The molecule has 0 aliphatic rings. The zero-order chi connectivity index (χ0) is 26.1. The van der Waals surface area contributed by atoms with Gasteiger partial charge in [0.05, 0.1) is 20.8 Å². The summed E-state index contributed by atoms with van der Waals surface area (Å²) in [4.78, 5) is 8.70. The van der Waals surface area contributed by atoms with E-state index in [4.69, 9.17) is 14.2 Å². The van der Waals surface area contributed by atoms with Gasteiger partial charge in [0.1, 0.15) is 22.9 Å². The average molecular weight is 512 g/mol. The van der Waals surface area contributed by atoms with Crippen LogP contribution in [0.3, 0.4) is 0 Å². The minimum absolute atomic E-state index is 0.165. The predicted molar refractivity (Wildman–Crippen MR) is 139 cm³/mol. The van der Waals surface area contributed by atoms with E-state index in [1.165, 1.54) is 4.31 Å². The van der Waals surface area contributed by atoms with Crippen LogP contribution in [0.25, 0.3) is 0 Å². The number of sulfonamides is 1.